The SMILES string of the molecule is COc1ccc(CC(=O)N2CCN(C(=O)NC(C)C)CC2)cc1C. The first-order chi connectivity index (χ1) is 11.4. The first kappa shape index (κ1) is 18.1. The fraction of sp³-hybridized carbons (Fsp3) is 0.556. The largest absolute Gasteiger partial charge is 0.496 e. The summed E-state index contributed by atoms with van der Waals surface area (Å²) in [6.07, 6.45) is 0.378. The van der Waals surface area contributed by atoms with Crippen molar-refractivity contribution in [2.75, 3.05) is 33.3 Å². The van der Waals surface area contributed by atoms with Crippen molar-refractivity contribution in [2.45, 2.75) is 33.2 Å². The van der Waals surface area contributed by atoms with E-state index in [2.05, 4.69) is 5.32 Å². The van der Waals surface area contributed by atoms with Crippen molar-refractivity contribution < 1.29 is 14.3 Å². The number of piperazine rings is 1. The molecule has 0 aromatic heterocycles. The van der Waals surface area contributed by atoms with E-state index in [-0.39, 0.29) is 18.0 Å². The third-order valence-electron chi connectivity index (χ3n) is 4.15. The number of carbonyl (C=O) groups is 2. The minimum atomic E-state index is -0.0529. The van der Waals surface area contributed by atoms with E-state index in [9.17, 15) is 9.59 Å². The van der Waals surface area contributed by atoms with E-state index in [4.69, 9.17) is 4.74 Å². The van der Waals surface area contributed by atoms with E-state index in [0.29, 0.717) is 32.6 Å². The van der Waals surface area contributed by atoms with Gasteiger partial charge in [-0.3, -0.25) is 4.79 Å². The molecular weight excluding hydrogens is 306 g/mol. The van der Waals surface area contributed by atoms with Gasteiger partial charge in [0.1, 0.15) is 5.75 Å². The lowest BCUT2D eigenvalue weighted by atomic mass is 10.1. The number of benzene rings is 1. The standard InChI is InChI=1S/C18H27N3O3/c1-13(2)19-18(23)21-9-7-20(8-10-21)17(22)12-15-5-6-16(24-4)14(3)11-15/h5-6,11,13H,7-10,12H2,1-4H3,(H,19,23). The van der Waals surface area contributed by atoms with Crippen LogP contribution in [0.4, 0.5) is 4.79 Å². The Morgan fingerprint density at radius 3 is 2.33 bits per heavy atom. The minimum absolute atomic E-state index is 0.0529. The first-order valence-corrected chi connectivity index (χ1v) is 8.37. The first-order valence-electron chi connectivity index (χ1n) is 8.37. The molecule has 3 amide bonds. The third-order valence-corrected chi connectivity index (χ3v) is 4.15. The Bertz CT molecular complexity index is 593. The molecule has 1 N–H and O–H groups in total. The molecule has 0 atom stereocenters. The Morgan fingerprint density at radius 1 is 1.17 bits per heavy atom. The van der Waals surface area contributed by atoms with Crippen LogP contribution in [-0.4, -0.2) is 61.1 Å². The van der Waals surface area contributed by atoms with E-state index in [0.717, 1.165) is 16.9 Å². The van der Waals surface area contributed by atoms with Crippen LogP contribution in [0.15, 0.2) is 18.2 Å². The second-order valence-electron chi connectivity index (χ2n) is 6.45. The Hall–Kier alpha value is -2.24. The van der Waals surface area contributed by atoms with Crippen LogP contribution in [0.25, 0.3) is 0 Å². The highest BCUT2D eigenvalue weighted by atomic mass is 16.5. The summed E-state index contributed by atoms with van der Waals surface area (Å²) in [5.41, 5.74) is 2.01. The number of hydrogen-bond acceptors (Lipinski definition) is 3. The molecule has 0 saturated carbocycles. The van der Waals surface area contributed by atoms with Crippen molar-refractivity contribution in [3.63, 3.8) is 0 Å². The maximum Gasteiger partial charge on any atom is 0.317 e. The summed E-state index contributed by atoms with van der Waals surface area (Å²) in [6.45, 7) is 8.17. The molecule has 1 aliphatic heterocycles. The predicted octanol–water partition coefficient (Wildman–Crippen LogP) is 1.81. The summed E-state index contributed by atoms with van der Waals surface area (Å²) in [5.74, 6) is 0.930. The molecule has 1 aliphatic rings. The molecule has 1 aromatic carbocycles. The van der Waals surface area contributed by atoms with Gasteiger partial charge in [0.15, 0.2) is 0 Å². The zero-order chi connectivity index (χ0) is 17.7. The van der Waals surface area contributed by atoms with Crippen LogP contribution in [-0.2, 0) is 11.2 Å². The van der Waals surface area contributed by atoms with Gasteiger partial charge in [0.05, 0.1) is 13.5 Å². The maximum atomic E-state index is 12.5. The second-order valence-corrected chi connectivity index (χ2v) is 6.45. The van der Waals surface area contributed by atoms with Crippen LogP contribution in [0.1, 0.15) is 25.0 Å². The molecule has 132 valence electrons. The molecule has 0 aliphatic carbocycles. The Kier molecular flexibility index (Phi) is 6.06. The highest BCUT2D eigenvalue weighted by Gasteiger charge is 2.24. The zero-order valence-electron chi connectivity index (χ0n) is 15.0. The lowest BCUT2D eigenvalue weighted by molar-refractivity contribution is -0.131. The van der Waals surface area contributed by atoms with E-state index in [1.165, 1.54) is 0 Å². The number of urea groups is 1. The molecule has 1 heterocycles. The quantitative estimate of drug-likeness (QED) is 0.914. The number of hydrogen-bond donors (Lipinski definition) is 1. The van der Waals surface area contributed by atoms with E-state index >= 15 is 0 Å². The van der Waals surface area contributed by atoms with Crippen LogP contribution in [0.5, 0.6) is 5.75 Å². The molecular formula is C18H27N3O3. The molecule has 1 saturated heterocycles. The van der Waals surface area contributed by atoms with Crippen LogP contribution in [0, 0.1) is 6.92 Å². The lowest BCUT2D eigenvalue weighted by Crippen LogP contribution is -2.54. The maximum absolute atomic E-state index is 12.5. The van der Waals surface area contributed by atoms with Gasteiger partial charge < -0.3 is 19.9 Å². The average molecular weight is 333 g/mol. The van der Waals surface area contributed by atoms with E-state index < -0.39 is 0 Å². The molecule has 0 spiro atoms. The summed E-state index contributed by atoms with van der Waals surface area (Å²) >= 11 is 0. The lowest BCUT2D eigenvalue weighted by Gasteiger charge is -2.35. The molecule has 24 heavy (non-hydrogen) atoms. The van der Waals surface area contributed by atoms with Gasteiger partial charge >= 0.3 is 6.03 Å². The summed E-state index contributed by atoms with van der Waals surface area (Å²) < 4.78 is 5.24. The van der Waals surface area contributed by atoms with Gasteiger partial charge in [0.25, 0.3) is 0 Å². The van der Waals surface area contributed by atoms with Gasteiger partial charge in [0, 0.05) is 32.2 Å². The predicted molar refractivity (Wildman–Crippen MR) is 93.3 cm³/mol. The molecule has 0 unspecified atom stereocenters. The smallest absolute Gasteiger partial charge is 0.317 e. The van der Waals surface area contributed by atoms with Gasteiger partial charge in [0.2, 0.25) is 5.91 Å². The van der Waals surface area contributed by atoms with Crippen molar-refractivity contribution in [1.82, 2.24) is 15.1 Å². The number of carbonyl (C=O) groups excluding carboxylic acids is 2. The highest BCUT2D eigenvalue weighted by molar-refractivity contribution is 5.80. The van der Waals surface area contributed by atoms with Crippen molar-refractivity contribution >= 4 is 11.9 Å². The van der Waals surface area contributed by atoms with Gasteiger partial charge in [-0.15, -0.1) is 0 Å². The van der Waals surface area contributed by atoms with Gasteiger partial charge in [-0.25, -0.2) is 4.79 Å². The minimum Gasteiger partial charge on any atom is -0.496 e. The number of rotatable bonds is 4. The number of nitrogens with one attached hydrogen (secondary N) is 1. The normalized spacial score (nSPS) is 14.7. The molecule has 1 aromatic rings. The Labute approximate surface area is 143 Å². The van der Waals surface area contributed by atoms with Crippen molar-refractivity contribution in [1.29, 1.82) is 0 Å². The second kappa shape index (κ2) is 8.04. The molecule has 6 nitrogen and oxygen atoms in total. The monoisotopic (exact) mass is 333 g/mol. The van der Waals surface area contributed by atoms with Crippen LogP contribution >= 0.6 is 0 Å². The molecule has 6 heteroatoms. The number of aryl methyl sites for hydroxylation is 1. The molecule has 2 rings (SSSR count). The van der Waals surface area contributed by atoms with Crippen molar-refractivity contribution in [2.24, 2.45) is 0 Å². The fourth-order valence-electron chi connectivity index (χ4n) is 2.83. The Balaban J connectivity index is 1.86. The topological polar surface area (TPSA) is 61.9 Å². The summed E-state index contributed by atoms with van der Waals surface area (Å²) in [7, 11) is 1.64. The molecule has 0 bridgehead atoms. The third kappa shape index (κ3) is 4.63. The molecule has 1 fully saturated rings. The van der Waals surface area contributed by atoms with Crippen molar-refractivity contribution in [3.8, 4) is 5.75 Å². The van der Waals surface area contributed by atoms with Crippen LogP contribution in [0.3, 0.4) is 0 Å². The van der Waals surface area contributed by atoms with E-state index in [1.807, 2.05) is 43.9 Å². The highest BCUT2D eigenvalue weighted by Crippen LogP contribution is 2.19. The number of nitrogens with zero attached hydrogens (tertiary/aromatic N) is 2. The van der Waals surface area contributed by atoms with Gasteiger partial charge in [-0.2, -0.15) is 0 Å². The Morgan fingerprint density at radius 2 is 1.79 bits per heavy atom. The van der Waals surface area contributed by atoms with Crippen LogP contribution in [0.2, 0.25) is 0 Å². The fourth-order valence-corrected chi connectivity index (χ4v) is 2.83. The number of methoxy groups -OCH3 is 1. The number of ether oxygens (including phenoxy) is 1. The van der Waals surface area contributed by atoms with Gasteiger partial charge in [-0.1, -0.05) is 12.1 Å². The molecule has 0 radical (unpaired) electrons. The van der Waals surface area contributed by atoms with E-state index in [1.54, 1.807) is 12.0 Å². The zero-order valence-corrected chi connectivity index (χ0v) is 15.0. The summed E-state index contributed by atoms with van der Waals surface area (Å²) in [4.78, 5) is 28.0. The average Bonchev–Trinajstić information content (AvgIpc) is 2.54. The summed E-state index contributed by atoms with van der Waals surface area (Å²) in [5, 5.41) is 2.89. The van der Waals surface area contributed by atoms with Gasteiger partial charge in [-0.05, 0) is 38.0 Å². The van der Waals surface area contributed by atoms with Crippen molar-refractivity contribution in [3.05, 3.63) is 29.3 Å². The van der Waals surface area contributed by atoms with Crippen LogP contribution < -0.4 is 10.1 Å². The number of amides is 3. The summed E-state index contributed by atoms with van der Waals surface area (Å²) in [6, 6.07) is 5.88.